The Bertz CT molecular complexity index is 664. The average Bonchev–Trinajstić information content (AvgIpc) is 2.67. The molecule has 0 amide bonds. The fraction of sp³-hybridized carbons (Fsp3) is 0.760. The normalized spacial score (nSPS) is 21.7. The first-order valence-corrected chi connectivity index (χ1v) is 13.7. The highest BCUT2D eigenvalue weighted by molar-refractivity contribution is 7.85. The van der Waals surface area contributed by atoms with Gasteiger partial charge in [0.25, 0.3) is 10.1 Å². The Morgan fingerprint density at radius 3 is 2.10 bits per heavy atom. The summed E-state index contributed by atoms with van der Waals surface area (Å²) in [6.07, 6.45) is 17.0. The lowest BCUT2D eigenvalue weighted by atomic mass is 9.75. The second-order valence-electron chi connectivity index (χ2n) is 9.31. The highest BCUT2D eigenvalue weighted by Crippen LogP contribution is 2.33. The van der Waals surface area contributed by atoms with Crippen LogP contribution in [-0.4, -0.2) is 31.3 Å². The molecule has 30 heavy (non-hydrogen) atoms. The molecule has 0 spiro atoms. The minimum atomic E-state index is -3.67. The molecule has 1 aromatic carbocycles. The van der Waals surface area contributed by atoms with Gasteiger partial charge in [0.2, 0.25) is 0 Å². The molecule has 2 atom stereocenters. The molecule has 0 aliphatic heterocycles. The van der Waals surface area contributed by atoms with Crippen LogP contribution in [0.15, 0.2) is 24.3 Å². The summed E-state index contributed by atoms with van der Waals surface area (Å²) < 4.78 is 25.9. The van der Waals surface area contributed by atoms with Crippen LogP contribution in [-0.2, 0) is 23.0 Å². The Hall–Kier alpha value is -0.910. The number of nitrogens with one attached hydrogen (secondary N) is 1. The molecule has 1 aliphatic carbocycles. The molecule has 0 bridgehead atoms. The molecule has 5 heteroatoms. The van der Waals surface area contributed by atoms with Crippen molar-refractivity contribution < 1.29 is 13.0 Å². The van der Waals surface area contributed by atoms with Gasteiger partial charge < -0.3 is 5.32 Å². The molecule has 1 aromatic rings. The van der Waals surface area contributed by atoms with Crippen molar-refractivity contribution in [3.05, 3.63) is 35.4 Å². The van der Waals surface area contributed by atoms with Crippen molar-refractivity contribution in [3.63, 3.8) is 0 Å². The standard InChI is InChI=1S/C24H41N.CH4O3S/c1-4-5-6-7-8-9-13-22-14-16-23(17-15-22)18-20-25-24(3)19-11-10-12-21(24)2;1-5(2,3)4/h14-17,21,25H,4-13,18-20H2,1-3H3;1H3,(H,2,3,4). The van der Waals surface area contributed by atoms with Crippen LogP contribution in [0.1, 0.15) is 96.1 Å². The van der Waals surface area contributed by atoms with E-state index in [-0.39, 0.29) is 0 Å². The summed E-state index contributed by atoms with van der Waals surface area (Å²) in [7, 11) is -3.67. The molecule has 0 heterocycles. The van der Waals surface area contributed by atoms with Crippen LogP contribution < -0.4 is 5.32 Å². The molecule has 0 aromatic heterocycles. The monoisotopic (exact) mass is 439 g/mol. The number of hydrogen-bond donors (Lipinski definition) is 2. The third kappa shape index (κ3) is 12.7. The fourth-order valence-corrected chi connectivity index (χ4v) is 4.24. The summed E-state index contributed by atoms with van der Waals surface area (Å²) in [6.45, 7) is 8.24. The van der Waals surface area contributed by atoms with E-state index in [1.54, 1.807) is 0 Å². The van der Waals surface area contributed by atoms with Crippen LogP contribution >= 0.6 is 0 Å². The van der Waals surface area contributed by atoms with Gasteiger partial charge in [-0.1, -0.05) is 83.1 Å². The van der Waals surface area contributed by atoms with Crippen LogP contribution in [0, 0.1) is 5.92 Å². The first-order chi connectivity index (χ1) is 14.1. The smallest absolute Gasteiger partial charge is 0.261 e. The maximum absolute atomic E-state index is 9.19. The van der Waals surface area contributed by atoms with Gasteiger partial charge in [-0.3, -0.25) is 4.55 Å². The summed E-state index contributed by atoms with van der Waals surface area (Å²) in [6, 6.07) is 9.40. The summed E-state index contributed by atoms with van der Waals surface area (Å²) in [5.41, 5.74) is 3.35. The largest absolute Gasteiger partial charge is 0.311 e. The number of benzene rings is 1. The lowest BCUT2D eigenvalue weighted by molar-refractivity contribution is 0.175. The van der Waals surface area contributed by atoms with Crippen LogP contribution in [0.2, 0.25) is 0 Å². The first-order valence-electron chi connectivity index (χ1n) is 11.9. The summed E-state index contributed by atoms with van der Waals surface area (Å²) in [4.78, 5) is 0. The number of rotatable bonds is 11. The van der Waals surface area contributed by atoms with Crippen molar-refractivity contribution in [1.82, 2.24) is 5.32 Å². The van der Waals surface area contributed by atoms with Crippen molar-refractivity contribution in [3.8, 4) is 0 Å². The van der Waals surface area contributed by atoms with E-state index in [1.807, 2.05) is 0 Å². The van der Waals surface area contributed by atoms with Gasteiger partial charge in [0.05, 0.1) is 6.26 Å². The molecule has 2 unspecified atom stereocenters. The van der Waals surface area contributed by atoms with Crippen LogP contribution in [0.5, 0.6) is 0 Å². The SMILES string of the molecule is CCCCCCCCc1ccc(CCNC2(C)CCCCC2C)cc1.CS(=O)(=O)O. The average molecular weight is 440 g/mol. The summed E-state index contributed by atoms with van der Waals surface area (Å²) in [5.74, 6) is 0.806. The van der Waals surface area contributed by atoms with Crippen molar-refractivity contribution in [2.75, 3.05) is 12.8 Å². The van der Waals surface area contributed by atoms with E-state index in [4.69, 9.17) is 4.55 Å². The second-order valence-corrected chi connectivity index (χ2v) is 10.8. The van der Waals surface area contributed by atoms with E-state index in [2.05, 4.69) is 50.4 Å². The third-order valence-electron chi connectivity index (χ3n) is 6.46. The van der Waals surface area contributed by atoms with Crippen molar-refractivity contribution in [1.29, 1.82) is 0 Å². The molecular weight excluding hydrogens is 394 g/mol. The highest BCUT2D eigenvalue weighted by Gasteiger charge is 2.32. The summed E-state index contributed by atoms with van der Waals surface area (Å²) in [5, 5.41) is 3.87. The maximum Gasteiger partial charge on any atom is 0.261 e. The maximum atomic E-state index is 9.19. The number of hydrogen-bond acceptors (Lipinski definition) is 3. The third-order valence-corrected chi connectivity index (χ3v) is 6.46. The number of aryl methyl sites for hydroxylation is 1. The zero-order chi connectivity index (χ0) is 22.5. The van der Waals surface area contributed by atoms with Crippen molar-refractivity contribution in [2.45, 2.75) is 103 Å². The Labute approximate surface area is 186 Å². The van der Waals surface area contributed by atoms with Gasteiger partial charge in [-0.2, -0.15) is 8.42 Å². The zero-order valence-electron chi connectivity index (χ0n) is 19.8. The lowest BCUT2D eigenvalue weighted by Crippen LogP contribution is -2.50. The zero-order valence-corrected chi connectivity index (χ0v) is 20.6. The molecule has 0 radical (unpaired) electrons. The van der Waals surface area contributed by atoms with Gasteiger partial charge in [0.1, 0.15) is 0 Å². The molecule has 1 fully saturated rings. The molecule has 0 saturated heterocycles. The first kappa shape index (κ1) is 27.1. The molecule has 2 N–H and O–H groups in total. The Kier molecular flexibility index (Phi) is 12.8. The van der Waals surface area contributed by atoms with Crippen LogP contribution in [0.4, 0.5) is 0 Å². The van der Waals surface area contributed by atoms with Gasteiger partial charge in [0.15, 0.2) is 0 Å². The molecular formula is C25H45NO3S. The van der Waals surface area contributed by atoms with E-state index in [9.17, 15) is 8.42 Å². The highest BCUT2D eigenvalue weighted by atomic mass is 32.2. The topological polar surface area (TPSA) is 66.4 Å². The Balaban J connectivity index is 0.000000804. The van der Waals surface area contributed by atoms with E-state index < -0.39 is 10.1 Å². The van der Waals surface area contributed by atoms with E-state index in [0.29, 0.717) is 11.8 Å². The van der Waals surface area contributed by atoms with E-state index >= 15 is 0 Å². The van der Waals surface area contributed by atoms with Gasteiger partial charge >= 0.3 is 0 Å². The molecule has 2 rings (SSSR count). The second kappa shape index (κ2) is 14.2. The van der Waals surface area contributed by atoms with Crippen molar-refractivity contribution in [2.24, 2.45) is 5.92 Å². The molecule has 1 saturated carbocycles. The van der Waals surface area contributed by atoms with E-state index in [0.717, 1.165) is 18.9 Å². The van der Waals surface area contributed by atoms with Crippen LogP contribution in [0.3, 0.4) is 0 Å². The molecule has 1 aliphatic rings. The quantitative estimate of drug-likeness (QED) is 0.318. The minimum absolute atomic E-state index is 0.357. The van der Waals surface area contributed by atoms with Gasteiger partial charge in [-0.25, -0.2) is 0 Å². The van der Waals surface area contributed by atoms with Crippen molar-refractivity contribution >= 4 is 10.1 Å². The number of unbranched alkanes of at least 4 members (excludes halogenated alkanes) is 5. The lowest BCUT2D eigenvalue weighted by Gasteiger charge is -2.40. The Morgan fingerprint density at radius 1 is 1.00 bits per heavy atom. The Morgan fingerprint density at radius 2 is 1.53 bits per heavy atom. The van der Waals surface area contributed by atoms with Gasteiger partial charge in [0, 0.05) is 5.54 Å². The molecule has 174 valence electrons. The fourth-order valence-electron chi connectivity index (χ4n) is 4.24. The minimum Gasteiger partial charge on any atom is -0.311 e. The van der Waals surface area contributed by atoms with Gasteiger partial charge in [-0.15, -0.1) is 0 Å². The summed E-state index contributed by atoms with van der Waals surface area (Å²) >= 11 is 0. The predicted molar refractivity (Wildman–Crippen MR) is 129 cm³/mol. The van der Waals surface area contributed by atoms with Crippen LogP contribution in [0.25, 0.3) is 0 Å². The van der Waals surface area contributed by atoms with E-state index in [1.165, 1.54) is 81.8 Å². The predicted octanol–water partition coefficient (Wildman–Crippen LogP) is 6.19. The molecule has 4 nitrogen and oxygen atoms in total. The van der Waals surface area contributed by atoms with Gasteiger partial charge in [-0.05, 0) is 62.6 Å².